The summed E-state index contributed by atoms with van der Waals surface area (Å²) in [4.78, 5) is 28.4. The number of aromatic nitrogens is 2. The van der Waals surface area contributed by atoms with Gasteiger partial charge in [-0.15, -0.1) is 0 Å². The van der Waals surface area contributed by atoms with Gasteiger partial charge in [0, 0.05) is 11.9 Å². The van der Waals surface area contributed by atoms with Gasteiger partial charge in [-0.05, 0) is 31.2 Å². The SMILES string of the molecule is COC(=O)c1cccc(NC(=O)c2c(C)nc3c(Cl)cc(C(F)(F)F)cn23)c1. The van der Waals surface area contributed by atoms with Gasteiger partial charge in [-0.3, -0.25) is 9.20 Å². The Bertz CT molecular complexity index is 1090. The number of rotatable bonds is 3. The second kappa shape index (κ2) is 7.16. The summed E-state index contributed by atoms with van der Waals surface area (Å²) in [5, 5.41) is 2.31. The minimum atomic E-state index is -4.64. The van der Waals surface area contributed by atoms with Crippen molar-refractivity contribution in [2.24, 2.45) is 0 Å². The van der Waals surface area contributed by atoms with E-state index in [9.17, 15) is 22.8 Å². The zero-order chi connectivity index (χ0) is 20.6. The highest BCUT2D eigenvalue weighted by atomic mass is 35.5. The highest BCUT2D eigenvalue weighted by Crippen LogP contribution is 2.33. The molecule has 10 heteroatoms. The van der Waals surface area contributed by atoms with Crippen LogP contribution in [-0.2, 0) is 10.9 Å². The maximum absolute atomic E-state index is 13.1. The van der Waals surface area contributed by atoms with E-state index in [0.29, 0.717) is 0 Å². The first-order valence-electron chi connectivity index (χ1n) is 7.87. The summed E-state index contributed by atoms with van der Waals surface area (Å²) >= 11 is 5.92. The Morgan fingerprint density at radius 3 is 2.61 bits per heavy atom. The molecule has 146 valence electrons. The molecular formula is C18H13ClF3N3O3. The normalized spacial score (nSPS) is 11.5. The number of pyridine rings is 1. The van der Waals surface area contributed by atoms with Crippen LogP contribution in [0, 0.1) is 6.92 Å². The average molecular weight is 412 g/mol. The number of amides is 1. The summed E-state index contributed by atoms with van der Waals surface area (Å²) in [5.41, 5.74) is -0.419. The summed E-state index contributed by atoms with van der Waals surface area (Å²) in [5.74, 6) is -1.30. The maximum atomic E-state index is 13.1. The minimum absolute atomic E-state index is 0.0284. The number of aryl methyl sites for hydroxylation is 1. The van der Waals surface area contributed by atoms with Crippen molar-refractivity contribution < 1.29 is 27.5 Å². The van der Waals surface area contributed by atoms with Crippen molar-refractivity contribution in [3.05, 3.63) is 64.1 Å². The summed E-state index contributed by atoms with van der Waals surface area (Å²) in [6, 6.07) is 6.69. The molecule has 2 heterocycles. The van der Waals surface area contributed by atoms with Gasteiger partial charge in [0.2, 0.25) is 0 Å². The molecule has 0 aliphatic heterocycles. The molecule has 0 fully saturated rings. The molecule has 0 saturated heterocycles. The number of nitrogens with zero attached hydrogens (tertiary/aromatic N) is 2. The fraction of sp³-hybridized carbons (Fsp3) is 0.167. The van der Waals surface area contributed by atoms with Crippen molar-refractivity contribution in [1.82, 2.24) is 9.38 Å². The van der Waals surface area contributed by atoms with Crippen molar-refractivity contribution in [3.8, 4) is 0 Å². The summed E-state index contributed by atoms with van der Waals surface area (Å²) in [7, 11) is 1.22. The average Bonchev–Trinajstić information content (AvgIpc) is 2.97. The molecule has 0 aliphatic carbocycles. The number of methoxy groups -OCH3 is 1. The monoisotopic (exact) mass is 411 g/mol. The van der Waals surface area contributed by atoms with E-state index in [0.717, 1.165) is 16.7 Å². The Morgan fingerprint density at radius 2 is 1.96 bits per heavy atom. The van der Waals surface area contributed by atoms with E-state index in [1.54, 1.807) is 0 Å². The third-order valence-electron chi connectivity index (χ3n) is 3.93. The summed E-state index contributed by atoms with van der Waals surface area (Å²) in [6.45, 7) is 1.48. The van der Waals surface area contributed by atoms with E-state index in [1.165, 1.54) is 38.3 Å². The van der Waals surface area contributed by atoms with Gasteiger partial charge in [0.25, 0.3) is 5.91 Å². The first-order chi connectivity index (χ1) is 13.1. The molecule has 0 unspecified atom stereocenters. The molecule has 1 N–H and O–H groups in total. The Kier molecular flexibility index (Phi) is 5.03. The number of benzene rings is 1. The third kappa shape index (κ3) is 3.65. The molecule has 0 saturated carbocycles. The summed E-state index contributed by atoms with van der Waals surface area (Å²) < 4.78 is 44.9. The maximum Gasteiger partial charge on any atom is 0.417 e. The number of esters is 1. The number of alkyl halides is 3. The molecule has 0 radical (unpaired) electrons. The zero-order valence-corrected chi connectivity index (χ0v) is 15.4. The standard InChI is InChI=1S/C18H13ClF3N3O3/c1-9-14(16(26)24-12-5-3-4-10(6-12)17(27)28-2)25-8-11(18(20,21)22)7-13(19)15(25)23-9/h3-8H,1-2H3,(H,24,26). The van der Waals surface area contributed by atoms with Crippen LogP contribution in [0.4, 0.5) is 18.9 Å². The van der Waals surface area contributed by atoms with E-state index in [2.05, 4.69) is 15.0 Å². The Balaban J connectivity index is 2.03. The molecule has 0 aliphatic rings. The van der Waals surface area contributed by atoms with Gasteiger partial charge in [-0.1, -0.05) is 17.7 Å². The number of fused-ring (bicyclic) bond motifs is 1. The second-order valence-electron chi connectivity index (χ2n) is 5.84. The molecule has 28 heavy (non-hydrogen) atoms. The van der Waals surface area contributed by atoms with Gasteiger partial charge < -0.3 is 10.1 Å². The van der Waals surface area contributed by atoms with Crippen LogP contribution in [-0.4, -0.2) is 28.4 Å². The molecule has 2 aromatic heterocycles. The number of carbonyl (C=O) groups excluding carboxylic acids is 2. The molecule has 3 aromatic rings. The Labute approximate surface area is 161 Å². The van der Waals surface area contributed by atoms with Crippen LogP contribution in [0.25, 0.3) is 5.65 Å². The van der Waals surface area contributed by atoms with Crippen molar-refractivity contribution in [2.75, 3.05) is 12.4 Å². The van der Waals surface area contributed by atoms with Gasteiger partial charge >= 0.3 is 12.1 Å². The number of imidazole rings is 1. The largest absolute Gasteiger partial charge is 0.465 e. The van der Waals surface area contributed by atoms with Gasteiger partial charge in [-0.2, -0.15) is 13.2 Å². The summed E-state index contributed by atoms with van der Waals surface area (Å²) in [6.07, 6.45) is -3.88. The molecule has 1 aromatic carbocycles. The lowest BCUT2D eigenvalue weighted by atomic mass is 10.2. The number of hydrogen-bond acceptors (Lipinski definition) is 4. The van der Waals surface area contributed by atoms with Crippen LogP contribution in [0.3, 0.4) is 0 Å². The zero-order valence-electron chi connectivity index (χ0n) is 14.6. The molecule has 1 amide bonds. The van der Waals surface area contributed by atoms with Gasteiger partial charge in [0.1, 0.15) is 5.69 Å². The van der Waals surface area contributed by atoms with Crippen molar-refractivity contribution in [2.45, 2.75) is 13.1 Å². The first-order valence-corrected chi connectivity index (χ1v) is 8.24. The predicted octanol–water partition coefficient (Wildman–Crippen LogP) is 4.35. The highest BCUT2D eigenvalue weighted by molar-refractivity contribution is 6.33. The lowest BCUT2D eigenvalue weighted by molar-refractivity contribution is -0.137. The smallest absolute Gasteiger partial charge is 0.417 e. The fourth-order valence-corrected chi connectivity index (χ4v) is 2.93. The molecule has 0 atom stereocenters. The lowest BCUT2D eigenvalue weighted by Gasteiger charge is -2.10. The van der Waals surface area contributed by atoms with E-state index in [1.807, 2.05) is 0 Å². The quantitative estimate of drug-likeness (QED) is 0.650. The van der Waals surface area contributed by atoms with Crippen molar-refractivity contribution >= 4 is 34.8 Å². The number of anilines is 1. The second-order valence-corrected chi connectivity index (χ2v) is 6.25. The highest BCUT2D eigenvalue weighted by Gasteiger charge is 2.33. The van der Waals surface area contributed by atoms with Gasteiger partial charge in [0.05, 0.1) is 29.0 Å². The fourth-order valence-electron chi connectivity index (χ4n) is 2.68. The van der Waals surface area contributed by atoms with Crippen LogP contribution >= 0.6 is 11.6 Å². The van der Waals surface area contributed by atoms with Crippen molar-refractivity contribution in [1.29, 1.82) is 0 Å². The Morgan fingerprint density at radius 1 is 1.25 bits per heavy atom. The van der Waals surface area contributed by atoms with Crippen LogP contribution < -0.4 is 5.32 Å². The van der Waals surface area contributed by atoms with Gasteiger partial charge in [-0.25, -0.2) is 9.78 Å². The third-order valence-corrected chi connectivity index (χ3v) is 4.21. The van der Waals surface area contributed by atoms with Crippen molar-refractivity contribution in [3.63, 3.8) is 0 Å². The number of nitrogens with one attached hydrogen (secondary N) is 1. The predicted molar refractivity (Wildman–Crippen MR) is 95.7 cm³/mol. The molecule has 3 rings (SSSR count). The minimum Gasteiger partial charge on any atom is -0.465 e. The van der Waals surface area contributed by atoms with Gasteiger partial charge in [0.15, 0.2) is 5.65 Å². The number of ether oxygens (including phenoxy) is 1. The topological polar surface area (TPSA) is 72.7 Å². The van der Waals surface area contributed by atoms with Crippen LogP contribution in [0.5, 0.6) is 0 Å². The van der Waals surface area contributed by atoms with Crippen LogP contribution in [0.15, 0.2) is 36.5 Å². The Hall–Kier alpha value is -3.07. The number of carbonyl (C=O) groups is 2. The van der Waals surface area contributed by atoms with Crippen LogP contribution in [0.2, 0.25) is 5.02 Å². The number of halogens is 4. The van der Waals surface area contributed by atoms with E-state index in [-0.39, 0.29) is 33.3 Å². The van der Waals surface area contributed by atoms with E-state index in [4.69, 9.17) is 11.6 Å². The van der Waals surface area contributed by atoms with E-state index >= 15 is 0 Å². The molecule has 6 nitrogen and oxygen atoms in total. The first kappa shape index (κ1) is 19.7. The molecular weight excluding hydrogens is 399 g/mol. The number of hydrogen-bond donors (Lipinski definition) is 1. The molecule has 0 spiro atoms. The van der Waals surface area contributed by atoms with Crippen LogP contribution in [0.1, 0.15) is 32.1 Å². The lowest BCUT2D eigenvalue weighted by Crippen LogP contribution is -2.17. The molecule has 0 bridgehead atoms. The van der Waals surface area contributed by atoms with E-state index < -0.39 is 23.6 Å².